The maximum Gasteiger partial charge on any atom is 0.313 e. The van der Waals surface area contributed by atoms with Gasteiger partial charge in [0.1, 0.15) is 17.7 Å². The first kappa shape index (κ1) is 16.6. The molecule has 0 aliphatic carbocycles. The highest BCUT2D eigenvalue weighted by Gasteiger charge is 2.20. The van der Waals surface area contributed by atoms with Gasteiger partial charge in [0.25, 0.3) is 0 Å². The summed E-state index contributed by atoms with van der Waals surface area (Å²) >= 11 is 0. The fraction of sp³-hybridized carbons (Fsp3) is 0.125. The lowest BCUT2D eigenvalue weighted by Gasteiger charge is -2.13. The fourth-order valence-corrected chi connectivity index (χ4v) is 1.91. The van der Waals surface area contributed by atoms with Crippen LogP contribution in [-0.2, 0) is 9.59 Å². The van der Waals surface area contributed by atoms with E-state index in [2.05, 4.69) is 10.6 Å². The quantitative estimate of drug-likeness (QED) is 0.751. The molecule has 1 atom stereocenters. The molecule has 2 amide bonds. The highest BCUT2D eigenvalue weighted by atomic mass is 19.1. The number of hydrogen-bond acceptors (Lipinski definition) is 3. The Morgan fingerprint density at radius 3 is 2.17 bits per heavy atom. The molecule has 0 radical (unpaired) electrons. The van der Waals surface area contributed by atoms with E-state index in [0.717, 1.165) is 18.2 Å². The number of halogens is 2. The first-order valence-corrected chi connectivity index (χ1v) is 6.75. The molecular weight excluding hydrogens is 306 g/mol. The van der Waals surface area contributed by atoms with Crippen molar-refractivity contribution in [2.45, 2.75) is 6.10 Å². The van der Waals surface area contributed by atoms with Crippen LogP contribution in [0.15, 0.2) is 48.5 Å². The number of amides is 2. The van der Waals surface area contributed by atoms with Crippen LogP contribution >= 0.6 is 0 Å². The van der Waals surface area contributed by atoms with Crippen molar-refractivity contribution in [1.82, 2.24) is 5.32 Å². The molecule has 0 aliphatic heterocycles. The third-order valence-corrected chi connectivity index (χ3v) is 3.03. The van der Waals surface area contributed by atoms with Gasteiger partial charge in [-0.1, -0.05) is 24.3 Å². The molecule has 0 bridgehead atoms. The Balaban J connectivity index is 1.92. The normalized spacial score (nSPS) is 11.6. The molecule has 3 N–H and O–H groups in total. The zero-order chi connectivity index (χ0) is 16.8. The minimum atomic E-state index is -1.61. The number of aliphatic hydroxyl groups excluding tert-OH is 1. The molecule has 2 rings (SSSR count). The predicted molar refractivity (Wildman–Crippen MR) is 79.4 cm³/mol. The van der Waals surface area contributed by atoms with Crippen molar-refractivity contribution in [2.24, 2.45) is 0 Å². The van der Waals surface area contributed by atoms with E-state index in [1.165, 1.54) is 0 Å². The molecule has 1 unspecified atom stereocenters. The summed E-state index contributed by atoms with van der Waals surface area (Å²) in [5, 5.41) is 14.2. The monoisotopic (exact) mass is 320 g/mol. The smallest absolute Gasteiger partial charge is 0.313 e. The molecule has 2 aromatic rings. The molecule has 0 heterocycles. The lowest BCUT2D eigenvalue weighted by Crippen LogP contribution is -2.37. The van der Waals surface area contributed by atoms with E-state index in [1.54, 1.807) is 30.3 Å². The lowest BCUT2D eigenvalue weighted by atomic mass is 10.1. The van der Waals surface area contributed by atoms with E-state index in [9.17, 15) is 23.5 Å². The van der Waals surface area contributed by atoms with Gasteiger partial charge in [-0.3, -0.25) is 9.59 Å². The van der Waals surface area contributed by atoms with Gasteiger partial charge in [-0.2, -0.15) is 0 Å². The Bertz CT molecular complexity index is 687. The SMILES string of the molecule is O=C(NCC(O)c1c(F)cccc1F)C(=O)Nc1ccccc1. The minimum Gasteiger partial charge on any atom is -0.386 e. The maximum absolute atomic E-state index is 13.5. The van der Waals surface area contributed by atoms with Crippen LogP contribution in [0.4, 0.5) is 14.5 Å². The van der Waals surface area contributed by atoms with Crippen LogP contribution in [0.25, 0.3) is 0 Å². The maximum atomic E-state index is 13.5. The van der Waals surface area contributed by atoms with E-state index >= 15 is 0 Å². The molecule has 7 heteroatoms. The summed E-state index contributed by atoms with van der Waals surface area (Å²) in [6.45, 7) is -0.501. The van der Waals surface area contributed by atoms with Crippen LogP contribution in [0, 0.1) is 11.6 Å². The Morgan fingerprint density at radius 2 is 1.57 bits per heavy atom. The van der Waals surface area contributed by atoms with E-state index in [0.29, 0.717) is 5.69 Å². The Kier molecular flexibility index (Phi) is 5.37. The van der Waals surface area contributed by atoms with Gasteiger partial charge in [-0.15, -0.1) is 0 Å². The van der Waals surface area contributed by atoms with Crippen molar-refractivity contribution in [3.8, 4) is 0 Å². The van der Waals surface area contributed by atoms with E-state index in [1.807, 2.05) is 0 Å². The van der Waals surface area contributed by atoms with Gasteiger partial charge >= 0.3 is 11.8 Å². The van der Waals surface area contributed by atoms with E-state index in [4.69, 9.17) is 0 Å². The topological polar surface area (TPSA) is 78.4 Å². The molecular formula is C16H14F2N2O3. The molecule has 5 nitrogen and oxygen atoms in total. The Morgan fingerprint density at radius 1 is 0.957 bits per heavy atom. The van der Waals surface area contributed by atoms with Crippen LogP contribution in [0.5, 0.6) is 0 Å². The van der Waals surface area contributed by atoms with E-state index < -0.39 is 41.7 Å². The number of benzene rings is 2. The van der Waals surface area contributed by atoms with Crippen LogP contribution in [0.3, 0.4) is 0 Å². The molecule has 0 saturated carbocycles. The van der Waals surface area contributed by atoms with E-state index in [-0.39, 0.29) is 0 Å². The molecule has 0 fully saturated rings. The number of hydrogen-bond donors (Lipinski definition) is 3. The lowest BCUT2D eigenvalue weighted by molar-refractivity contribution is -0.136. The molecule has 2 aromatic carbocycles. The van der Waals surface area contributed by atoms with Gasteiger partial charge in [-0.05, 0) is 24.3 Å². The summed E-state index contributed by atoms with van der Waals surface area (Å²) < 4.78 is 27.0. The van der Waals surface area contributed by atoms with Crippen molar-refractivity contribution >= 4 is 17.5 Å². The van der Waals surface area contributed by atoms with Crippen molar-refractivity contribution < 1.29 is 23.5 Å². The molecule has 0 spiro atoms. The number of aliphatic hydroxyl groups is 1. The number of nitrogens with one attached hydrogen (secondary N) is 2. The first-order chi connectivity index (χ1) is 11.0. The van der Waals surface area contributed by atoms with Crippen LogP contribution in [-0.4, -0.2) is 23.5 Å². The highest BCUT2D eigenvalue weighted by molar-refractivity contribution is 6.39. The summed E-state index contributed by atoms with van der Waals surface area (Å²) in [4.78, 5) is 23.3. The van der Waals surface area contributed by atoms with Crippen molar-refractivity contribution in [3.63, 3.8) is 0 Å². The zero-order valence-electron chi connectivity index (χ0n) is 11.9. The van der Waals surface area contributed by atoms with Gasteiger partial charge in [0.05, 0.1) is 5.56 Å². The molecule has 120 valence electrons. The standard InChI is InChI=1S/C16H14F2N2O3/c17-11-7-4-8-12(18)14(11)13(21)9-19-15(22)16(23)20-10-5-2-1-3-6-10/h1-8,13,21H,9H2,(H,19,22)(H,20,23). The second-order valence-corrected chi connectivity index (χ2v) is 4.68. The van der Waals surface area contributed by atoms with Gasteiger partial charge in [0.15, 0.2) is 0 Å². The van der Waals surface area contributed by atoms with Gasteiger partial charge in [-0.25, -0.2) is 8.78 Å². The summed E-state index contributed by atoms with van der Waals surface area (Å²) in [5.41, 5.74) is -0.135. The van der Waals surface area contributed by atoms with Crippen molar-refractivity contribution in [3.05, 3.63) is 65.7 Å². The van der Waals surface area contributed by atoms with Crippen LogP contribution in [0.2, 0.25) is 0 Å². The average molecular weight is 320 g/mol. The summed E-state index contributed by atoms with van der Waals surface area (Å²) in [5.74, 6) is -3.83. The number of carbonyl (C=O) groups excluding carboxylic acids is 2. The zero-order valence-corrected chi connectivity index (χ0v) is 11.9. The number of anilines is 1. The van der Waals surface area contributed by atoms with Crippen LogP contribution in [0.1, 0.15) is 11.7 Å². The third kappa shape index (κ3) is 4.33. The summed E-state index contributed by atoms with van der Waals surface area (Å²) in [6.07, 6.45) is -1.61. The largest absolute Gasteiger partial charge is 0.386 e. The molecule has 23 heavy (non-hydrogen) atoms. The predicted octanol–water partition coefficient (Wildman–Crippen LogP) is 1.75. The first-order valence-electron chi connectivity index (χ1n) is 6.75. The average Bonchev–Trinajstić information content (AvgIpc) is 2.53. The Labute approximate surface area is 130 Å². The highest BCUT2D eigenvalue weighted by Crippen LogP contribution is 2.19. The number of carbonyl (C=O) groups is 2. The Hall–Kier alpha value is -2.80. The summed E-state index contributed by atoms with van der Waals surface area (Å²) in [7, 11) is 0. The number of para-hydroxylation sites is 1. The second-order valence-electron chi connectivity index (χ2n) is 4.68. The number of rotatable bonds is 4. The van der Waals surface area contributed by atoms with Crippen molar-refractivity contribution in [2.75, 3.05) is 11.9 Å². The fourth-order valence-electron chi connectivity index (χ4n) is 1.91. The molecule has 0 aliphatic rings. The summed E-state index contributed by atoms with van der Waals surface area (Å²) in [6, 6.07) is 11.4. The molecule has 0 aromatic heterocycles. The third-order valence-electron chi connectivity index (χ3n) is 3.03. The van der Waals surface area contributed by atoms with Gasteiger partial charge in [0, 0.05) is 12.2 Å². The second kappa shape index (κ2) is 7.46. The van der Waals surface area contributed by atoms with Gasteiger partial charge < -0.3 is 15.7 Å². The van der Waals surface area contributed by atoms with Gasteiger partial charge in [0.2, 0.25) is 0 Å². The van der Waals surface area contributed by atoms with Crippen LogP contribution < -0.4 is 10.6 Å². The minimum absolute atomic E-state index is 0.424. The molecule has 0 saturated heterocycles. The van der Waals surface area contributed by atoms with Crippen molar-refractivity contribution in [1.29, 1.82) is 0 Å².